The SMILES string of the molecule is COP1(OC)=C(c2ccccc2)C=C(CC#N)C=C1c1ccccc1. The highest BCUT2D eigenvalue weighted by Crippen LogP contribution is 2.64. The van der Waals surface area contributed by atoms with Crippen molar-refractivity contribution in [3.63, 3.8) is 0 Å². The zero-order valence-corrected chi connectivity index (χ0v) is 15.2. The largest absolute Gasteiger partial charge is 0.337 e. The van der Waals surface area contributed by atoms with Crippen molar-refractivity contribution in [2.75, 3.05) is 14.2 Å². The van der Waals surface area contributed by atoms with E-state index < -0.39 is 7.34 Å². The lowest BCUT2D eigenvalue weighted by Crippen LogP contribution is -2.11. The Morgan fingerprint density at radius 1 is 0.840 bits per heavy atom. The molecular weight excluding hydrogens is 329 g/mol. The van der Waals surface area contributed by atoms with Gasteiger partial charge in [-0.25, -0.2) is 0 Å². The Hall–Kier alpha value is -2.37. The van der Waals surface area contributed by atoms with Gasteiger partial charge in [0.15, 0.2) is 7.34 Å². The molecule has 1 heterocycles. The van der Waals surface area contributed by atoms with Gasteiger partial charge in [0, 0.05) is 24.8 Å². The van der Waals surface area contributed by atoms with Crippen LogP contribution in [0.1, 0.15) is 17.5 Å². The van der Waals surface area contributed by atoms with Gasteiger partial charge in [0.25, 0.3) is 0 Å². The van der Waals surface area contributed by atoms with E-state index in [9.17, 15) is 5.26 Å². The van der Waals surface area contributed by atoms with Gasteiger partial charge >= 0.3 is 0 Å². The van der Waals surface area contributed by atoms with Crippen LogP contribution in [0.3, 0.4) is 0 Å². The molecule has 3 nitrogen and oxygen atoms in total. The molecule has 3 rings (SSSR count). The average molecular weight is 349 g/mol. The molecule has 126 valence electrons. The summed E-state index contributed by atoms with van der Waals surface area (Å²) in [6.45, 7) is 0. The van der Waals surface area contributed by atoms with E-state index in [0.717, 1.165) is 27.3 Å². The van der Waals surface area contributed by atoms with E-state index in [-0.39, 0.29) is 0 Å². The fraction of sp³-hybridized carbons (Fsp3) is 0.143. The first-order chi connectivity index (χ1) is 12.2. The number of hydrogen-bond donors (Lipinski definition) is 0. The van der Waals surface area contributed by atoms with Gasteiger partial charge in [-0.15, -0.1) is 0 Å². The molecular formula is C21H20NO2P. The zero-order valence-electron chi connectivity index (χ0n) is 14.3. The third kappa shape index (κ3) is 3.25. The maximum atomic E-state index is 9.19. The summed E-state index contributed by atoms with van der Waals surface area (Å²) >= 11 is 0. The summed E-state index contributed by atoms with van der Waals surface area (Å²) in [5.41, 5.74) is 3.07. The van der Waals surface area contributed by atoms with Crippen LogP contribution in [0.2, 0.25) is 0 Å². The molecule has 0 saturated carbocycles. The van der Waals surface area contributed by atoms with Crippen LogP contribution < -0.4 is 0 Å². The molecule has 0 saturated heterocycles. The second-order valence-corrected chi connectivity index (χ2v) is 8.41. The molecule has 0 aromatic heterocycles. The highest BCUT2D eigenvalue weighted by molar-refractivity contribution is 7.78. The van der Waals surface area contributed by atoms with Gasteiger partial charge in [0.1, 0.15) is 0 Å². The van der Waals surface area contributed by atoms with Gasteiger partial charge in [-0.2, -0.15) is 5.26 Å². The summed E-state index contributed by atoms with van der Waals surface area (Å²) in [5.74, 6) is 0. The number of nitriles is 1. The van der Waals surface area contributed by atoms with Gasteiger partial charge < -0.3 is 9.05 Å². The molecule has 0 amide bonds. The lowest BCUT2D eigenvalue weighted by Gasteiger charge is -2.32. The smallest absolute Gasteiger partial charge is 0.162 e. The Balaban J connectivity index is 2.35. The second-order valence-electron chi connectivity index (χ2n) is 5.62. The summed E-state index contributed by atoms with van der Waals surface area (Å²) < 4.78 is 12.1. The normalized spacial score (nSPS) is 16.0. The Morgan fingerprint density at radius 3 is 1.92 bits per heavy atom. The van der Waals surface area contributed by atoms with Gasteiger partial charge in [0.2, 0.25) is 0 Å². The topological polar surface area (TPSA) is 42.2 Å². The number of benzene rings is 2. The lowest BCUT2D eigenvalue weighted by atomic mass is 10.1. The monoisotopic (exact) mass is 349 g/mol. The summed E-state index contributed by atoms with van der Waals surface area (Å²) in [6.07, 6.45) is 4.44. The number of allylic oxidation sites excluding steroid dienone is 3. The highest BCUT2D eigenvalue weighted by atomic mass is 31.2. The van der Waals surface area contributed by atoms with E-state index in [4.69, 9.17) is 9.05 Å². The second kappa shape index (κ2) is 7.68. The lowest BCUT2D eigenvalue weighted by molar-refractivity contribution is 0.345. The van der Waals surface area contributed by atoms with Gasteiger partial charge in [-0.3, -0.25) is 0 Å². The van der Waals surface area contributed by atoms with Crippen molar-refractivity contribution in [3.05, 3.63) is 89.5 Å². The molecule has 0 fully saturated rings. The first kappa shape index (κ1) is 17.5. The molecule has 0 radical (unpaired) electrons. The predicted molar refractivity (Wildman–Crippen MR) is 104 cm³/mol. The summed E-state index contributed by atoms with van der Waals surface area (Å²) in [6, 6.07) is 22.4. The molecule has 4 heteroatoms. The third-order valence-electron chi connectivity index (χ3n) is 4.22. The molecule has 0 bridgehead atoms. The molecule has 1 aliphatic rings. The fourth-order valence-corrected chi connectivity index (χ4v) is 5.92. The Bertz CT molecular complexity index is 898. The van der Waals surface area contributed by atoms with Crippen molar-refractivity contribution in [1.82, 2.24) is 0 Å². The minimum Gasteiger partial charge on any atom is -0.337 e. The van der Waals surface area contributed by atoms with Crippen LogP contribution in [-0.2, 0) is 9.05 Å². The van der Waals surface area contributed by atoms with Crippen LogP contribution in [0.5, 0.6) is 0 Å². The van der Waals surface area contributed by atoms with E-state index in [0.29, 0.717) is 6.42 Å². The number of hydrogen-bond acceptors (Lipinski definition) is 3. The molecule has 0 aliphatic carbocycles. The van der Waals surface area contributed by atoms with Crippen molar-refractivity contribution in [2.24, 2.45) is 0 Å². The fourth-order valence-electron chi connectivity index (χ4n) is 3.08. The van der Waals surface area contributed by atoms with E-state index in [1.54, 1.807) is 14.2 Å². The number of rotatable bonds is 5. The van der Waals surface area contributed by atoms with Crippen LogP contribution in [0.4, 0.5) is 0 Å². The molecule has 1 aliphatic heterocycles. The summed E-state index contributed by atoms with van der Waals surface area (Å²) in [7, 11) is 0.904. The van der Waals surface area contributed by atoms with Crippen LogP contribution in [0, 0.1) is 11.3 Å². The van der Waals surface area contributed by atoms with Crippen molar-refractivity contribution < 1.29 is 9.05 Å². The van der Waals surface area contributed by atoms with Crippen LogP contribution >= 0.6 is 7.34 Å². The van der Waals surface area contributed by atoms with Crippen molar-refractivity contribution >= 4 is 17.9 Å². The standard InChI is InChI=1S/C21H20NO2P/c1-23-25(24-2)20(18-9-5-3-6-10-18)15-17(13-14-22)16-21(25)19-11-7-4-8-12-19/h3-12,15-16H,13H2,1-2H3. The number of nitrogens with zero attached hydrogens (tertiary/aromatic N) is 1. The molecule has 0 N–H and O–H groups in total. The predicted octanol–water partition coefficient (Wildman–Crippen LogP) is 5.24. The first-order valence-corrected chi connectivity index (χ1v) is 9.66. The maximum absolute atomic E-state index is 9.19. The van der Waals surface area contributed by atoms with Gasteiger partial charge in [0.05, 0.1) is 12.5 Å². The van der Waals surface area contributed by atoms with E-state index in [1.165, 1.54) is 0 Å². The molecule has 25 heavy (non-hydrogen) atoms. The first-order valence-electron chi connectivity index (χ1n) is 8.04. The van der Waals surface area contributed by atoms with Crippen molar-refractivity contribution in [2.45, 2.75) is 6.42 Å². The molecule has 0 atom stereocenters. The van der Waals surface area contributed by atoms with Gasteiger partial charge in [-0.05, 0) is 28.9 Å². The van der Waals surface area contributed by atoms with E-state index in [2.05, 4.69) is 30.3 Å². The summed E-state index contributed by atoms with van der Waals surface area (Å²) in [5, 5.41) is 11.2. The molecule has 0 unspecified atom stereocenters. The van der Waals surface area contributed by atoms with Crippen molar-refractivity contribution in [1.29, 1.82) is 5.26 Å². The van der Waals surface area contributed by atoms with E-state index in [1.807, 2.05) is 48.6 Å². The molecule has 0 spiro atoms. The Kier molecular flexibility index (Phi) is 5.36. The summed E-state index contributed by atoms with van der Waals surface area (Å²) in [4.78, 5) is 0. The van der Waals surface area contributed by atoms with Crippen LogP contribution in [0.25, 0.3) is 5.31 Å². The Labute approximate surface area is 149 Å². The third-order valence-corrected chi connectivity index (χ3v) is 7.29. The minimum absolute atomic E-state index is 0.347. The van der Waals surface area contributed by atoms with Crippen LogP contribution in [0.15, 0.2) is 78.4 Å². The maximum Gasteiger partial charge on any atom is 0.162 e. The minimum atomic E-state index is -2.49. The Morgan fingerprint density at radius 2 is 1.40 bits per heavy atom. The zero-order chi connectivity index (χ0) is 17.7. The molecule has 2 aromatic rings. The molecule has 2 aromatic carbocycles. The average Bonchev–Trinajstić information content (AvgIpc) is 2.69. The van der Waals surface area contributed by atoms with E-state index >= 15 is 0 Å². The quantitative estimate of drug-likeness (QED) is 0.693. The van der Waals surface area contributed by atoms with Gasteiger partial charge in [-0.1, -0.05) is 60.7 Å². The van der Waals surface area contributed by atoms with Crippen LogP contribution in [-0.4, -0.2) is 19.5 Å². The highest BCUT2D eigenvalue weighted by Gasteiger charge is 2.32. The van der Waals surface area contributed by atoms with Crippen molar-refractivity contribution in [3.8, 4) is 6.07 Å².